The van der Waals surface area contributed by atoms with Gasteiger partial charge in [-0.25, -0.2) is 4.79 Å². The third-order valence-electron chi connectivity index (χ3n) is 5.69. The molecule has 1 aromatic carbocycles. The van der Waals surface area contributed by atoms with Crippen LogP contribution in [-0.4, -0.2) is 58.6 Å². The zero-order valence-corrected chi connectivity index (χ0v) is 15.4. The van der Waals surface area contributed by atoms with E-state index in [9.17, 15) is 4.79 Å². The summed E-state index contributed by atoms with van der Waals surface area (Å²) in [5.41, 5.74) is 0.852. The molecule has 2 atom stereocenters. The van der Waals surface area contributed by atoms with E-state index >= 15 is 0 Å². The van der Waals surface area contributed by atoms with Gasteiger partial charge in [0.05, 0.1) is 24.9 Å². The van der Waals surface area contributed by atoms with E-state index in [-0.39, 0.29) is 12.1 Å². The van der Waals surface area contributed by atoms with Crippen molar-refractivity contribution in [2.45, 2.75) is 57.2 Å². The van der Waals surface area contributed by atoms with Crippen molar-refractivity contribution in [1.29, 1.82) is 0 Å². The maximum Gasteiger partial charge on any atom is 0.342 e. The zero-order valence-electron chi connectivity index (χ0n) is 15.4. The molecule has 1 aromatic heterocycles. The Morgan fingerprint density at radius 2 is 2.00 bits per heavy atom. The van der Waals surface area contributed by atoms with Crippen molar-refractivity contribution in [1.82, 2.24) is 20.0 Å². The number of morpholine rings is 1. The van der Waals surface area contributed by atoms with Gasteiger partial charge in [-0.05, 0) is 31.9 Å². The lowest BCUT2D eigenvalue weighted by Crippen LogP contribution is -2.61. The smallest absolute Gasteiger partial charge is 0.342 e. The number of amides is 1. The molecule has 2 bridgehead atoms. The van der Waals surface area contributed by atoms with Gasteiger partial charge in [0, 0.05) is 23.5 Å². The molecule has 2 aliphatic rings. The molecule has 0 radical (unpaired) electrons. The van der Waals surface area contributed by atoms with Crippen molar-refractivity contribution in [2.24, 2.45) is 0 Å². The normalized spacial score (nSPS) is 26.1. The number of piperidine rings is 1. The molecule has 3 heterocycles. The number of nitrogens with one attached hydrogen (secondary N) is 1. The zero-order chi connectivity index (χ0) is 17.9. The topological polar surface area (TPSA) is 59.4 Å². The summed E-state index contributed by atoms with van der Waals surface area (Å²) in [6.07, 6.45) is 7.42. The van der Waals surface area contributed by atoms with Crippen molar-refractivity contribution in [3.8, 4) is 0 Å². The first-order valence-corrected chi connectivity index (χ1v) is 9.83. The number of nitrogens with zero attached hydrogens (tertiary/aromatic N) is 3. The first-order chi connectivity index (χ1) is 12.8. The Bertz CT molecular complexity index is 745. The van der Waals surface area contributed by atoms with Crippen LogP contribution in [0.3, 0.4) is 0 Å². The fourth-order valence-corrected chi connectivity index (χ4v) is 4.39. The van der Waals surface area contributed by atoms with Crippen LogP contribution >= 0.6 is 0 Å². The van der Waals surface area contributed by atoms with Gasteiger partial charge in [-0.1, -0.05) is 38.0 Å². The van der Waals surface area contributed by atoms with Gasteiger partial charge in [0.15, 0.2) is 0 Å². The number of hydrogen-bond acceptors (Lipinski definition) is 4. The van der Waals surface area contributed by atoms with Crippen molar-refractivity contribution in [3.05, 3.63) is 30.5 Å². The predicted molar refractivity (Wildman–Crippen MR) is 101 cm³/mol. The van der Waals surface area contributed by atoms with Crippen LogP contribution in [-0.2, 0) is 4.74 Å². The van der Waals surface area contributed by atoms with Crippen LogP contribution in [0.25, 0.3) is 10.9 Å². The van der Waals surface area contributed by atoms with Gasteiger partial charge >= 0.3 is 6.03 Å². The number of benzene rings is 1. The van der Waals surface area contributed by atoms with Gasteiger partial charge in [-0.3, -0.25) is 4.90 Å². The number of fused-ring (bicyclic) bond motifs is 3. The Balaban J connectivity index is 1.41. The van der Waals surface area contributed by atoms with Gasteiger partial charge in [0.1, 0.15) is 0 Å². The average Bonchev–Trinajstić information content (AvgIpc) is 3.06. The number of carbonyl (C=O) groups excluding carboxylic acids is 1. The number of hydrogen-bond donors (Lipinski definition) is 1. The molecule has 2 fully saturated rings. The number of carbonyl (C=O) groups is 1. The number of para-hydroxylation sites is 1. The minimum absolute atomic E-state index is 0.130. The molecule has 0 spiro atoms. The standard InChI is InChI=1S/C20H28N4O2/c1-2-3-6-9-23-17-10-16(11-18(23)14-26-13-17)22-20(25)24-19-8-5-4-7-15(19)12-21-24/h4-5,7-8,12,16-18H,2-3,6,9-11,13-14H2,1H3,(H,22,25). The second-order valence-electron chi connectivity index (χ2n) is 7.52. The quantitative estimate of drug-likeness (QED) is 0.837. The maximum absolute atomic E-state index is 12.7. The lowest BCUT2D eigenvalue weighted by molar-refractivity contribution is -0.0801. The van der Waals surface area contributed by atoms with Crippen molar-refractivity contribution in [2.75, 3.05) is 19.8 Å². The van der Waals surface area contributed by atoms with Crippen molar-refractivity contribution in [3.63, 3.8) is 0 Å². The molecule has 2 aromatic rings. The van der Waals surface area contributed by atoms with Crippen LogP contribution in [0.15, 0.2) is 30.5 Å². The van der Waals surface area contributed by atoms with Crippen molar-refractivity contribution >= 4 is 16.9 Å². The second kappa shape index (κ2) is 7.76. The maximum atomic E-state index is 12.7. The lowest BCUT2D eigenvalue weighted by atomic mass is 9.89. The van der Waals surface area contributed by atoms with E-state index in [2.05, 4.69) is 22.2 Å². The Kier molecular flexibility index (Phi) is 5.22. The summed E-state index contributed by atoms with van der Waals surface area (Å²) in [6, 6.07) is 8.69. The van der Waals surface area contributed by atoms with Crippen LogP contribution in [0.1, 0.15) is 39.0 Å². The van der Waals surface area contributed by atoms with Crippen LogP contribution in [0.5, 0.6) is 0 Å². The fourth-order valence-electron chi connectivity index (χ4n) is 4.39. The molecular weight excluding hydrogens is 328 g/mol. The number of rotatable bonds is 5. The minimum Gasteiger partial charge on any atom is -0.378 e. The SMILES string of the molecule is CCCCCN1C2COCC1CC(NC(=O)n1ncc3ccccc31)C2. The molecule has 140 valence electrons. The Morgan fingerprint density at radius 3 is 2.77 bits per heavy atom. The van der Waals surface area contributed by atoms with Crippen LogP contribution in [0, 0.1) is 0 Å². The largest absolute Gasteiger partial charge is 0.378 e. The Hall–Kier alpha value is -1.92. The highest BCUT2D eigenvalue weighted by molar-refractivity contribution is 5.89. The van der Waals surface area contributed by atoms with Gasteiger partial charge in [-0.2, -0.15) is 9.78 Å². The Morgan fingerprint density at radius 1 is 1.23 bits per heavy atom. The molecule has 4 rings (SSSR count). The van der Waals surface area contributed by atoms with Gasteiger partial charge in [0.25, 0.3) is 0 Å². The molecule has 26 heavy (non-hydrogen) atoms. The van der Waals surface area contributed by atoms with Gasteiger partial charge in [0.2, 0.25) is 0 Å². The molecule has 0 aliphatic carbocycles. The van der Waals surface area contributed by atoms with E-state index < -0.39 is 0 Å². The highest BCUT2D eigenvalue weighted by atomic mass is 16.5. The number of unbranched alkanes of at least 4 members (excludes halogenated alkanes) is 2. The molecule has 2 saturated heterocycles. The minimum atomic E-state index is -0.130. The molecule has 0 saturated carbocycles. The van der Waals surface area contributed by atoms with Gasteiger partial charge in [-0.15, -0.1) is 0 Å². The molecule has 1 N–H and O–H groups in total. The molecular formula is C20H28N4O2. The third kappa shape index (κ3) is 3.48. The summed E-state index contributed by atoms with van der Waals surface area (Å²) >= 11 is 0. The van der Waals surface area contributed by atoms with Crippen LogP contribution in [0.2, 0.25) is 0 Å². The van der Waals surface area contributed by atoms with E-state index in [0.717, 1.165) is 43.5 Å². The fraction of sp³-hybridized carbons (Fsp3) is 0.600. The summed E-state index contributed by atoms with van der Waals surface area (Å²) in [5.74, 6) is 0. The second-order valence-corrected chi connectivity index (χ2v) is 7.52. The molecule has 2 aliphatic heterocycles. The summed E-state index contributed by atoms with van der Waals surface area (Å²) in [4.78, 5) is 15.4. The summed E-state index contributed by atoms with van der Waals surface area (Å²) in [7, 11) is 0. The van der Waals surface area contributed by atoms with Crippen LogP contribution in [0.4, 0.5) is 4.79 Å². The predicted octanol–water partition coefficient (Wildman–Crippen LogP) is 3.02. The van der Waals surface area contributed by atoms with E-state index in [1.165, 1.54) is 23.9 Å². The monoisotopic (exact) mass is 356 g/mol. The summed E-state index contributed by atoms with van der Waals surface area (Å²) in [6.45, 7) is 4.95. The molecule has 6 heteroatoms. The third-order valence-corrected chi connectivity index (χ3v) is 5.69. The first kappa shape index (κ1) is 17.5. The van der Waals surface area contributed by atoms with E-state index in [4.69, 9.17) is 4.74 Å². The first-order valence-electron chi connectivity index (χ1n) is 9.83. The van der Waals surface area contributed by atoms with E-state index in [1.54, 1.807) is 6.20 Å². The summed E-state index contributed by atoms with van der Waals surface area (Å²) in [5, 5.41) is 8.46. The molecule has 1 amide bonds. The van der Waals surface area contributed by atoms with Crippen LogP contribution < -0.4 is 5.32 Å². The summed E-state index contributed by atoms with van der Waals surface area (Å²) < 4.78 is 7.27. The number of ether oxygens (including phenoxy) is 1. The number of aromatic nitrogens is 2. The average molecular weight is 356 g/mol. The van der Waals surface area contributed by atoms with E-state index in [0.29, 0.717) is 12.1 Å². The highest BCUT2D eigenvalue weighted by Gasteiger charge is 2.39. The van der Waals surface area contributed by atoms with Gasteiger partial charge < -0.3 is 10.1 Å². The molecule has 6 nitrogen and oxygen atoms in total. The molecule has 2 unspecified atom stereocenters. The highest BCUT2D eigenvalue weighted by Crippen LogP contribution is 2.28. The Labute approximate surface area is 154 Å². The lowest BCUT2D eigenvalue weighted by Gasteiger charge is -2.48. The van der Waals surface area contributed by atoms with E-state index in [1.807, 2.05) is 24.3 Å². The van der Waals surface area contributed by atoms with Crippen molar-refractivity contribution < 1.29 is 9.53 Å².